The Hall–Kier alpha value is -1.85. The SMILES string of the molecule is CC(=O)Nc1c(Cl)cc(N2C(=O)[C@@H]3[C@H](C2=O)[C@H]2C=C[C@@H]3C2)cc1Cl. The number of halogens is 2. The molecule has 1 aliphatic heterocycles. The van der Waals surface area contributed by atoms with Gasteiger partial charge in [0.25, 0.3) is 0 Å². The third kappa shape index (κ3) is 2.11. The number of benzene rings is 1. The molecule has 7 heteroatoms. The molecule has 5 nitrogen and oxygen atoms in total. The zero-order chi connectivity index (χ0) is 17.2. The zero-order valence-corrected chi connectivity index (χ0v) is 14.3. The third-order valence-corrected chi connectivity index (χ3v) is 5.65. The van der Waals surface area contributed by atoms with E-state index in [-0.39, 0.29) is 57.1 Å². The molecule has 2 aliphatic carbocycles. The van der Waals surface area contributed by atoms with Gasteiger partial charge in [-0.2, -0.15) is 0 Å². The highest BCUT2D eigenvalue weighted by atomic mass is 35.5. The molecule has 1 aromatic rings. The number of nitrogens with zero attached hydrogens (tertiary/aromatic N) is 1. The van der Waals surface area contributed by atoms with Crippen LogP contribution in [0.2, 0.25) is 10.0 Å². The van der Waals surface area contributed by atoms with Crippen molar-refractivity contribution in [3.8, 4) is 0 Å². The summed E-state index contributed by atoms with van der Waals surface area (Å²) in [7, 11) is 0. The van der Waals surface area contributed by atoms with E-state index in [0.29, 0.717) is 5.69 Å². The first kappa shape index (κ1) is 15.7. The van der Waals surface area contributed by atoms with Gasteiger partial charge in [0, 0.05) is 6.92 Å². The Kier molecular flexibility index (Phi) is 3.48. The van der Waals surface area contributed by atoms with Crippen LogP contribution in [0.4, 0.5) is 11.4 Å². The number of imide groups is 1. The minimum Gasteiger partial charge on any atom is -0.324 e. The van der Waals surface area contributed by atoms with Crippen LogP contribution < -0.4 is 10.2 Å². The van der Waals surface area contributed by atoms with Crippen molar-refractivity contribution in [3.63, 3.8) is 0 Å². The highest BCUT2D eigenvalue weighted by Gasteiger charge is 2.59. The normalized spacial score (nSPS) is 30.2. The number of allylic oxidation sites excluding steroid dienone is 2. The van der Waals surface area contributed by atoms with Gasteiger partial charge in [-0.1, -0.05) is 35.4 Å². The minimum absolute atomic E-state index is 0.144. The van der Waals surface area contributed by atoms with Gasteiger partial charge in [0.1, 0.15) is 0 Å². The molecule has 1 saturated heterocycles. The lowest BCUT2D eigenvalue weighted by Gasteiger charge is -2.19. The maximum absolute atomic E-state index is 12.8. The number of fused-ring (bicyclic) bond motifs is 5. The second kappa shape index (κ2) is 5.33. The van der Waals surface area contributed by atoms with E-state index in [1.807, 2.05) is 12.2 Å². The molecule has 124 valence electrons. The van der Waals surface area contributed by atoms with Crippen LogP contribution in [0, 0.1) is 23.7 Å². The van der Waals surface area contributed by atoms with Crippen LogP contribution in [0.15, 0.2) is 24.3 Å². The number of rotatable bonds is 2. The van der Waals surface area contributed by atoms with E-state index in [9.17, 15) is 14.4 Å². The third-order valence-electron chi connectivity index (χ3n) is 5.06. The van der Waals surface area contributed by atoms with Crippen molar-refractivity contribution in [1.29, 1.82) is 0 Å². The molecule has 4 atom stereocenters. The van der Waals surface area contributed by atoms with Crippen molar-refractivity contribution in [2.45, 2.75) is 13.3 Å². The fraction of sp³-hybridized carbons (Fsp3) is 0.353. The molecular formula is C17H14Cl2N2O3. The summed E-state index contributed by atoms with van der Waals surface area (Å²) in [6, 6.07) is 2.98. The van der Waals surface area contributed by atoms with Gasteiger partial charge in [0.05, 0.1) is 33.3 Å². The van der Waals surface area contributed by atoms with Gasteiger partial charge < -0.3 is 5.32 Å². The van der Waals surface area contributed by atoms with Crippen LogP contribution in [0.1, 0.15) is 13.3 Å². The topological polar surface area (TPSA) is 66.5 Å². The van der Waals surface area contributed by atoms with Gasteiger partial charge in [-0.3, -0.25) is 14.4 Å². The van der Waals surface area contributed by atoms with Crippen molar-refractivity contribution < 1.29 is 14.4 Å². The maximum atomic E-state index is 12.8. The van der Waals surface area contributed by atoms with Gasteiger partial charge in [0.15, 0.2) is 0 Å². The van der Waals surface area contributed by atoms with Gasteiger partial charge in [0.2, 0.25) is 17.7 Å². The summed E-state index contributed by atoms with van der Waals surface area (Å²) in [5.41, 5.74) is 0.624. The molecule has 3 amide bonds. The van der Waals surface area contributed by atoms with Crippen molar-refractivity contribution in [2.75, 3.05) is 10.2 Å². The molecule has 3 aliphatic rings. The average Bonchev–Trinajstić information content (AvgIpc) is 3.17. The second-order valence-corrected chi connectivity index (χ2v) is 7.29. The van der Waals surface area contributed by atoms with Gasteiger partial charge in [-0.15, -0.1) is 0 Å². The van der Waals surface area contributed by atoms with Crippen LogP contribution in [0.25, 0.3) is 0 Å². The number of carbonyl (C=O) groups is 3. The highest BCUT2D eigenvalue weighted by Crippen LogP contribution is 2.53. The molecule has 1 aromatic carbocycles. The van der Waals surface area contributed by atoms with Gasteiger partial charge in [-0.25, -0.2) is 4.90 Å². The lowest BCUT2D eigenvalue weighted by atomic mass is 9.85. The number of nitrogens with one attached hydrogen (secondary N) is 1. The molecule has 24 heavy (non-hydrogen) atoms. The standard InChI is InChI=1S/C17H14Cl2N2O3/c1-7(22)20-15-11(18)5-10(6-12(15)19)21-16(23)13-8-2-3-9(4-8)14(13)17(21)24/h2-3,5-6,8-9,13-14H,4H2,1H3,(H,20,22)/t8-,9+,13+,14-. The molecule has 2 fully saturated rings. The van der Waals surface area contributed by atoms with Gasteiger partial charge in [-0.05, 0) is 30.4 Å². The summed E-state index contributed by atoms with van der Waals surface area (Å²) in [6.07, 6.45) is 4.96. The van der Waals surface area contributed by atoms with Crippen molar-refractivity contribution in [1.82, 2.24) is 0 Å². The summed E-state index contributed by atoms with van der Waals surface area (Å²) in [5, 5.41) is 2.92. The van der Waals surface area contributed by atoms with Crippen LogP contribution in [-0.4, -0.2) is 17.7 Å². The summed E-state index contributed by atoms with van der Waals surface area (Å²) >= 11 is 12.4. The van der Waals surface area contributed by atoms with E-state index in [1.165, 1.54) is 24.0 Å². The molecule has 0 unspecified atom stereocenters. The monoisotopic (exact) mass is 364 g/mol. The molecule has 0 radical (unpaired) electrons. The first-order valence-corrected chi connectivity index (χ1v) is 8.47. The smallest absolute Gasteiger partial charge is 0.238 e. The van der Waals surface area contributed by atoms with Crippen LogP contribution >= 0.6 is 23.2 Å². The van der Waals surface area contributed by atoms with Gasteiger partial charge >= 0.3 is 0 Å². The Morgan fingerprint density at radius 2 is 1.58 bits per heavy atom. The summed E-state index contributed by atoms with van der Waals surface area (Å²) in [6.45, 7) is 1.35. The summed E-state index contributed by atoms with van der Waals surface area (Å²) in [4.78, 5) is 38.0. The number of hydrogen-bond donors (Lipinski definition) is 1. The predicted octanol–water partition coefficient (Wildman–Crippen LogP) is 3.26. The van der Waals surface area contributed by atoms with E-state index in [2.05, 4.69) is 5.32 Å². The number of hydrogen-bond acceptors (Lipinski definition) is 3. The van der Waals surface area contributed by atoms with Crippen molar-refractivity contribution >= 4 is 52.3 Å². The first-order chi connectivity index (χ1) is 11.4. The lowest BCUT2D eigenvalue weighted by Crippen LogP contribution is -2.32. The Morgan fingerprint density at radius 1 is 1.08 bits per heavy atom. The Labute approximate surface area is 148 Å². The number of amides is 3. The molecule has 0 spiro atoms. The number of carbonyl (C=O) groups excluding carboxylic acids is 3. The van der Waals surface area contributed by atoms with Crippen LogP contribution in [0.5, 0.6) is 0 Å². The average molecular weight is 365 g/mol. The quantitative estimate of drug-likeness (QED) is 0.646. The Bertz CT molecular complexity index is 767. The fourth-order valence-corrected chi connectivity index (χ4v) is 4.71. The molecule has 2 bridgehead atoms. The Morgan fingerprint density at radius 3 is 2.04 bits per heavy atom. The first-order valence-electron chi connectivity index (χ1n) is 7.71. The van der Waals surface area contributed by atoms with Crippen molar-refractivity contribution in [3.05, 3.63) is 34.3 Å². The maximum Gasteiger partial charge on any atom is 0.238 e. The fourth-order valence-electron chi connectivity index (χ4n) is 4.14. The second-order valence-electron chi connectivity index (χ2n) is 6.48. The molecular weight excluding hydrogens is 351 g/mol. The van der Waals surface area contributed by atoms with Crippen molar-refractivity contribution in [2.24, 2.45) is 23.7 Å². The molecule has 1 saturated carbocycles. The predicted molar refractivity (Wildman–Crippen MR) is 91.0 cm³/mol. The Balaban J connectivity index is 1.71. The zero-order valence-electron chi connectivity index (χ0n) is 12.8. The molecule has 1 heterocycles. The van der Waals surface area contributed by atoms with E-state index < -0.39 is 0 Å². The molecule has 0 aromatic heterocycles. The van der Waals surface area contributed by atoms with E-state index in [0.717, 1.165) is 6.42 Å². The minimum atomic E-state index is -0.308. The summed E-state index contributed by atoms with van der Waals surface area (Å²) in [5.74, 6) is -0.961. The van der Waals surface area contributed by atoms with Crippen LogP contribution in [-0.2, 0) is 14.4 Å². The largest absolute Gasteiger partial charge is 0.324 e. The molecule has 1 N–H and O–H groups in total. The van der Waals surface area contributed by atoms with E-state index in [4.69, 9.17) is 23.2 Å². The lowest BCUT2D eigenvalue weighted by molar-refractivity contribution is -0.123. The summed E-state index contributed by atoms with van der Waals surface area (Å²) < 4.78 is 0. The van der Waals surface area contributed by atoms with E-state index in [1.54, 1.807) is 0 Å². The van der Waals surface area contributed by atoms with Crippen LogP contribution in [0.3, 0.4) is 0 Å². The molecule has 4 rings (SSSR count). The van der Waals surface area contributed by atoms with E-state index >= 15 is 0 Å². The number of anilines is 2. The highest BCUT2D eigenvalue weighted by molar-refractivity contribution is 6.40.